The van der Waals surface area contributed by atoms with Crippen molar-refractivity contribution in [2.45, 2.75) is 20.8 Å². The van der Waals surface area contributed by atoms with E-state index in [1.54, 1.807) is 4.08 Å². The van der Waals surface area contributed by atoms with Crippen LogP contribution in [0.25, 0.3) is 0 Å². The van der Waals surface area contributed by atoms with Crippen LogP contribution >= 0.6 is 0 Å². The van der Waals surface area contributed by atoms with Gasteiger partial charge in [-0.25, -0.2) is 4.39 Å². The van der Waals surface area contributed by atoms with E-state index in [1.165, 1.54) is 3.57 Å². The molecule has 1 rings (SSSR count). The quantitative estimate of drug-likeness (QED) is 0.411. The van der Waals surface area contributed by atoms with Crippen molar-refractivity contribution in [1.82, 2.24) is 0 Å². The molecule has 0 aliphatic rings. The molecule has 19 heavy (non-hydrogen) atoms. The first-order valence-electron chi connectivity index (χ1n) is 5.42. The van der Waals surface area contributed by atoms with Crippen molar-refractivity contribution in [3.8, 4) is 0 Å². The van der Waals surface area contributed by atoms with Gasteiger partial charge in [-0.05, 0) is 12.1 Å². The van der Waals surface area contributed by atoms with Gasteiger partial charge in [0.2, 0.25) is 0 Å². The Kier molecular flexibility index (Phi) is 7.62. The first kappa shape index (κ1) is 18.4. The van der Waals surface area contributed by atoms with Crippen LogP contribution in [0.5, 0.6) is 0 Å². The number of rotatable bonds is 2. The van der Waals surface area contributed by atoms with E-state index in [9.17, 15) is 21.7 Å². The zero-order valence-electron chi connectivity index (χ0n) is 10.8. The lowest BCUT2D eigenvalue weighted by molar-refractivity contribution is -0.558. The van der Waals surface area contributed by atoms with E-state index < -0.39 is 7.25 Å². The van der Waals surface area contributed by atoms with E-state index in [-0.39, 0.29) is 32.4 Å². The fourth-order valence-electron chi connectivity index (χ4n) is 0.762. The molecule has 0 aromatic heterocycles. The molecular formula is C12H15BF5I. The van der Waals surface area contributed by atoms with E-state index in [0.29, 0.717) is 0 Å². The third kappa shape index (κ3) is 12.2. The second kappa shape index (κ2) is 7.86. The van der Waals surface area contributed by atoms with Gasteiger partial charge in [0.15, 0.2) is 13.5 Å². The van der Waals surface area contributed by atoms with E-state index in [1.807, 2.05) is 39.0 Å². The average Bonchev–Trinajstić information content (AvgIpc) is 2.23. The van der Waals surface area contributed by atoms with Gasteiger partial charge >= 0.3 is 28.5 Å². The Balaban J connectivity index is 0.000000555. The van der Waals surface area contributed by atoms with Gasteiger partial charge in [0.05, 0.1) is 0 Å². The number of allylic oxidation sites excluding steroid dienone is 1. The van der Waals surface area contributed by atoms with Crippen LogP contribution < -0.4 is 21.2 Å². The minimum Gasteiger partial charge on any atom is -0.418 e. The molecule has 0 spiro atoms. The summed E-state index contributed by atoms with van der Waals surface area (Å²) < 4.78 is 55.5. The molecule has 0 saturated heterocycles. The zero-order valence-corrected chi connectivity index (χ0v) is 13.0. The second-order valence-corrected chi connectivity index (χ2v) is 7.10. The predicted octanol–water partition coefficient (Wildman–Crippen LogP) is 2.10. The minimum atomic E-state index is -6.00. The summed E-state index contributed by atoms with van der Waals surface area (Å²) in [5, 5.41) is 0. The fourth-order valence-corrected chi connectivity index (χ4v) is 3.16. The highest BCUT2D eigenvalue weighted by atomic mass is 127. The van der Waals surface area contributed by atoms with Crippen molar-refractivity contribution < 1.29 is 42.9 Å². The van der Waals surface area contributed by atoms with Crippen molar-refractivity contribution in [3.63, 3.8) is 0 Å². The van der Waals surface area contributed by atoms with Crippen LogP contribution in [0.3, 0.4) is 0 Å². The van der Waals surface area contributed by atoms with Gasteiger partial charge in [-0.15, -0.1) is 0 Å². The molecule has 0 amide bonds. The summed E-state index contributed by atoms with van der Waals surface area (Å²) in [7, 11) is -6.00. The Morgan fingerprint density at radius 3 is 1.84 bits per heavy atom. The largest absolute Gasteiger partial charge is 0.673 e. The Bertz CT molecular complexity index is 389. The monoisotopic (exact) mass is 392 g/mol. The van der Waals surface area contributed by atoms with Gasteiger partial charge in [0.1, 0.15) is 0 Å². The SMILES string of the molecule is CC(C)(C)/C(F)=C/[I+]c1ccccc1.F[B-](F)(F)F. The molecule has 0 nitrogen and oxygen atoms in total. The summed E-state index contributed by atoms with van der Waals surface area (Å²) in [6.45, 7) is 5.69. The normalized spacial score (nSPS) is 12.7. The number of hydrogen-bond acceptors (Lipinski definition) is 0. The molecular weight excluding hydrogens is 377 g/mol. The second-order valence-electron chi connectivity index (χ2n) is 4.61. The maximum absolute atomic E-state index is 13.5. The topological polar surface area (TPSA) is 0 Å². The van der Waals surface area contributed by atoms with Gasteiger partial charge in [-0.2, -0.15) is 0 Å². The Morgan fingerprint density at radius 1 is 1.05 bits per heavy atom. The van der Waals surface area contributed by atoms with Crippen molar-refractivity contribution in [2.24, 2.45) is 5.41 Å². The van der Waals surface area contributed by atoms with Crippen LogP contribution in [0.15, 0.2) is 40.2 Å². The molecule has 0 unspecified atom stereocenters. The lowest BCUT2D eigenvalue weighted by Gasteiger charge is -2.12. The lowest BCUT2D eigenvalue weighted by atomic mass is 9.96. The number of halogens is 6. The molecule has 108 valence electrons. The van der Waals surface area contributed by atoms with Gasteiger partial charge < -0.3 is 17.3 Å². The van der Waals surface area contributed by atoms with Crippen LogP contribution in [0.1, 0.15) is 20.8 Å². The summed E-state index contributed by atoms with van der Waals surface area (Å²) in [5.74, 6) is 0.00848. The summed E-state index contributed by atoms with van der Waals surface area (Å²) >= 11 is -0.316. The molecule has 0 fully saturated rings. The van der Waals surface area contributed by atoms with Crippen LogP contribution in [0.4, 0.5) is 21.7 Å². The van der Waals surface area contributed by atoms with Crippen LogP contribution in [-0.2, 0) is 0 Å². The summed E-state index contributed by atoms with van der Waals surface area (Å²) in [4.78, 5) is 0. The van der Waals surface area contributed by atoms with E-state index in [4.69, 9.17) is 0 Å². The van der Waals surface area contributed by atoms with Crippen LogP contribution in [0.2, 0.25) is 0 Å². The maximum atomic E-state index is 13.5. The highest BCUT2D eigenvalue weighted by Gasteiger charge is 2.21. The van der Waals surface area contributed by atoms with Crippen LogP contribution in [-0.4, -0.2) is 7.25 Å². The van der Waals surface area contributed by atoms with E-state index in [0.717, 1.165) is 0 Å². The third-order valence-electron chi connectivity index (χ3n) is 1.73. The zero-order chi connectivity index (χ0) is 15.1. The molecule has 1 aromatic carbocycles. The molecule has 0 radical (unpaired) electrons. The summed E-state index contributed by atoms with van der Waals surface area (Å²) in [5.41, 5.74) is -0.339. The first-order chi connectivity index (χ1) is 8.50. The number of hydrogen-bond donors (Lipinski definition) is 0. The molecule has 0 N–H and O–H groups in total. The first-order valence-corrected chi connectivity index (χ1v) is 7.74. The average molecular weight is 392 g/mol. The van der Waals surface area contributed by atoms with Crippen molar-refractivity contribution in [1.29, 1.82) is 0 Å². The van der Waals surface area contributed by atoms with Gasteiger partial charge in [0.25, 0.3) is 0 Å². The molecule has 0 heterocycles. The van der Waals surface area contributed by atoms with Crippen molar-refractivity contribution >= 4 is 7.25 Å². The summed E-state index contributed by atoms with van der Waals surface area (Å²) in [6, 6.07) is 10.1. The minimum absolute atomic E-state index is 0.00848. The Hall–Kier alpha value is -0.595. The van der Waals surface area contributed by atoms with Gasteiger partial charge in [0, 0.05) is 5.41 Å². The van der Waals surface area contributed by atoms with Crippen molar-refractivity contribution in [2.75, 3.05) is 0 Å². The maximum Gasteiger partial charge on any atom is 0.673 e. The lowest BCUT2D eigenvalue weighted by Crippen LogP contribution is -3.59. The fraction of sp³-hybridized carbons (Fsp3) is 0.333. The van der Waals surface area contributed by atoms with Crippen molar-refractivity contribution in [3.05, 3.63) is 43.8 Å². The molecule has 0 bridgehead atoms. The standard InChI is InChI=1S/C12H15FI.BF4/c1-12(2,3)11(13)9-14-10-7-5-4-6-8-10;2-1(3,4)5/h4-9H,1-3H3;/q+1;-1/b11-9-;. The molecule has 0 atom stereocenters. The molecule has 1 aromatic rings. The summed E-state index contributed by atoms with van der Waals surface area (Å²) in [6.07, 6.45) is 0. The van der Waals surface area contributed by atoms with Gasteiger partial charge in [-0.3, -0.25) is 0 Å². The molecule has 0 aliphatic heterocycles. The predicted molar refractivity (Wildman–Crippen MR) is 64.0 cm³/mol. The van der Waals surface area contributed by atoms with Gasteiger partial charge in [-0.1, -0.05) is 39.0 Å². The Morgan fingerprint density at radius 2 is 1.47 bits per heavy atom. The highest BCUT2D eigenvalue weighted by Crippen LogP contribution is 2.24. The highest BCUT2D eigenvalue weighted by molar-refractivity contribution is 6.50. The van der Waals surface area contributed by atoms with Crippen LogP contribution in [0, 0.1) is 8.99 Å². The third-order valence-corrected chi connectivity index (χ3v) is 4.02. The Labute approximate surface area is 120 Å². The van der Waals surface area contributed by atoms with E-state index >= 15 is 0 Å². The molecule has 7 heteroatoms. The number of benzene rings is 1. The molecule has 0 aliphatic carbocycles. The van der Waals surface area contributed by atoms with E-state index in [2.05, 4.69) is 12.1 Å². The smallest absolute Gasteiger partial charge is 0.418 e. The molecule has 0 saturated carbocycles.